The molecule has 0 amide bonds. The molecule has 1 aromatic rings. The van der Waals surface area contributed by atoms with E-state index in [1.165, 1.54) is 18.4 Å². The molecule has 0 atom stereocenters. The normalized spacial score (nSPS) is 10.4. The van der Waals surface area contributed by atoms with Crippen molar-refractivity contribution in [3.05, 3.63) is 55.8 Å². The summed E-state index contributed by atoms with van der Waals surface area (Å²) in [7, 11) is 0. The molecule has 0 aliphatic heterocycles. The van der Waals surface area contributed by atoms with Gasteiger partial charge < -0.3 is 0 Å². The molecular weight excluding hydrogens is 244 g/mol. The topological polar surface area (TPSA) is 59.7 Å². The Balaban J connectivity index is -0.000000214. The Hall–Kier alpha value is -1.03. The van der Waals surface area contributed by atoms with Gasteiger partial charge in [-0.15, -0.1) is 0 Å². The molecule has 4 heteroatoms. The fraction of sp³-hybridized carbons (Fsp3) is 0.250. The molecule has 0 aromatic heterocycles. The van der Waals surface area contributed by atoms with E-state index in [0.29, 0.717) is 0 Å². The second-order valence-electron chi connectivity index (χ2n) is 2.68. The maximum Gasteiger partial charge on any atom is 0 e. The van der Waals surface area contributed by atoms with Crippen LogP contribution in [0.15, 0.2) is 30.3 Å². The number of hydrogen-bond donors (Lipinski definition) is 0. The number of benzene rings is 1. The molecule has 1 fully saturated rings. The average Bonchev–Trinajstić information content (AvgIpc) is 3.22. The Bertz CT molecular complexity index is 285. The van der Waals surface area contributed by atoms with Crippen LogP contribution in [0.5, 0.6) is 0 Å². The summed E-state index contributed by atoms with van der Waals surface area (Å²) in [5.74, 6) is 0.909. The average molecular weight is 254 g/mol. The van der Waals surface area contributed by atoms with Crippen molar-refractivity contribution in [3.8, 4) is 0 Å². The third-order valence-electron chi connectivity index (χ3n) is 1.85. The van der Waals surface area contributed by atoms with Crippen molar-refractivity contribution in [2.45, 2.75) is 18.8 Å². The molecule has 16 heavy (non-hydrogen) atoms. The van der Waals surface area contributed by atoms with Crippen molar-refractivity contribution in [2.24, 2.45) is 0 Å². The maximum absolute atomic E-state index is 7.50. The molecule has 0 unspecified atom stereocenters. The van der Waals surface area contributed by atoms with Gasteiger partial charge in [-0.2, -0.15) is 0 Å². The fourth-order valence-electron chi connectivity index (χ4n) is 1.14. The van der Waals surface area contributed by atoms with Gasteiger partial charge in [-0.1, -0.05) is 30.3 Å². The minimum atomic E-state index is 0. The van der Waals surface area contributed by atoms with E-state index >= 15 is 0 Å². The van der Waals surface area contributed by atoms with Crippen LogP contribution in [0.3, 0.4) is 0 Å². The van der Waals surface area contributed by atoms with Crippen LogP contribution in [0, 0.1) is 20.0 Å². The predicted octanol–water partition coefficient (Wildman–Crippen LogP) is 2.45. The summed E-state index contributed by atoms with van der Waals surface area (Å²) in [4.78, 5) is 0. The molecule has 82 valence electrons. The van der Waals surface area contributed by atoms with Gasteiger partial charge in [0.15, 0.2) is 0 Å². The summed E-state index contributed by atoms with van der Waals surface area (Å²) >= 11 is 0. The quantitative estimate of drug-likeness (QED) is 0.546. The number of hydrogen-bond acceptors (Lipinski definition) is 0. The molecular formula is C12H10CrO3. The summed E-state index contributed by atoms with van der Waals surface area (Å²) in [6.45, 7) is 13.5. The molecule has 0 saturated heterocycles. The van der Waals surface area contributed by atoms with Crippen LogP contribution in [0.2, 0.25) is 0 Å². The van der Waals surface area contributed by atoms with Crippen molar-refractivity contribution in [3.63, 3.8) is 0 Å². The van der Waals surface area contributed by atoms with Gasteiger partial charge in [-0.05, 0) is 24.3 Å². The Morgan fingerprint density at radius 1 is 0.812 bits per heavy atom. The zero-order valence-corrected chi connectivity index (χ0v) is 9.79. The van der Waals surface area contributed by atoms with Crippen LogP contribution >= 0.6 is 0 Å². The zero-order chi connectivity index (χ0) is 12.1. The van der Waals surface area contributed by atoms with E-state index in [1.54, 1.807) is 0 Å². The third-order valence-corrected chi connectivity index (χ3v) is 1.85. The van der Waals surface area contributed by atoms with E-state index in [0.717, 1.165) is 5.92 Å². The minimum absolute atomic E-state index is 0. The van der Waals surface area contributed by atoms with Crippen LogP contribution in [-0.2, 0) is 31.3 Å². The molecule has 3 nitrogen and oxygen atoms in total. The first kappa shape index (κ1) is 20.4. The SMILES string of the molecule is [C-]#[O+].[C-]#[O+].[C-]#[O+].[Cr].c1ccc(C2CC2)cc1. The van der Waals surface area contributed by atoms with Gasteiger partial charge in [0, 0.05) is 17.4 Å². The first-order valence-electron chi connectivity index (χ1n) is 4.13. The molecule has 2 rings (SSSR count). The molecule has 1 aliphatic rings. The second-order valence-corrected chi connectivity index (χ2v) is 2.68. The summed E-state index contributed by atoms with van der Waals surface area (Å²) in [5.41, 5.74) is 1.53. The van der Waals surface area contributed by atoms with Gasteiger partial charge in [0.25, 0.3) is 0 Å². The molecule has 0 spiro atoms. The third kappa shape index (κ3) is 9.52. The first-order chi connectivity index (χ1) is 7.47. The Morgan fingerprint density at radius 3 is 1.50 bits per heavy atom. The largest absolute Gasteiger partial charge is 0.0622 e. The van der Waals surface area contributed by atoms with Gasteiger partial charge in [0.05, 0.1) is 0 Å². The molecule has 0 heterocycles. The van der Waals surface area contributed by atoms with Crippen LogP contribution < -0.4 is 0 Å². The van der Waals surface area contributed by atoms with Gasteiger partial charge in [0.2, 0.25) is 0 Å². The maximum atomic E-state index is 7.50. The van der Waals surface area contributed by atoms with E-state index in [9.17, 15) is 0 Å². The van der Waals surface area contributed by atoms with E-state index in [1.807, 2.05) is 0 Å². The summed E-state index contributed by atoms with van der Waals surface area (Å²) in [6.07, 6.45) is 2.81. The van der Waals surface area contributed by atoms with E-state index in [4.69, 9.17) is 14.0 Å². The molecule has 1 aliphatic carbocycles. The molecule has 1 aromatic carbocycles. The summed E-state index contributed by atoms with van der Waals surface area (Å²) in [6, 6.07) is 10.8. The molecule has 0 radical (unpaired) electrons. The van der Waals surface area contributed by atoms with Crippen LogP contribution in [-0.4, -0.2) is 0 Å². The smallest absolute Gasteiger partial charge is 0 e. The summed E-state index contributed by atoms with van der Waals surface area (Å²) in [5, 5.41) is 0. The van der Waals surface area contributed by atoms with Gasteiger partial charge in [0.1, 0.15) is 0 Å². The van der Waals surface area contributed by atoms with Crippen molar-refractivity contribution < 1.29 is 31.3 Å². The summed E-state index contributed by atoms with van der Waals surface area (Å²) < 4.78 is 22.5. The van der Waals surface area contributed by atoms with Crippen molar-refractivity contribution >= 4 is 0 Å². The number of rotatable bonds is 1. The Kier molecular flexibility index (Phi) is 20.9. The molecule has 1 saturated carbocycles. The van der Waals surface area contributed by atoms with Crippen LogP contribution in [0.4, 0.5) is 0 Å². The van der Waals surface area contributed by atoms with E-state index in [-0.39, 0.29) is 17.4 Å². The fourth-order valence-corrected chi connectivity index (χ4v) is 1.14. The Morgan fingerprint density at radius 2 is 1.19 bits per heavy atom. The van der Waals surface area contributed by atoms with Crippen LogP contribution in [0.25, 0.3) is 0 Å². The van der Waals surface area contributed by atoms with Crippen molar-refractivity contribution in [1.82, 2.24) is 0 Å². The second kappa shape index (κ2) is 16.4. The van der Waals surface area contributed by atoms with E-state index in [2.05, 4.69) is 50.3 Å². The molecule has 0 N–H and O–H groups in total. The standard InChI is InChI=1S/C9H10.3CO.Cr/c1-2-4-8(5-3-1)9-6-7-9;3*1-2;/h1-5,9H,6-7H2;;;;. The predicted molar refractivity (Wildman–Crippen MR) is 50.2 cm³/mol. The Labute approximate surface area is 106 Å². The van der Waals surface area contributed by atoms with Gasteiger partial charge in [-0.3, -0.25) is 0 Å². The molecule has 0 bridgehead atoms. The zero-order valence-electron chi connectivity index (χ0n) is 8.51. The first-order valence-corrected chi connectivity index (χ1v) is 4.13. The van der Waals surface area contributed by atoms with Crippen LogP contribution in [0.1, 0.15) is 24.3 Å². The van der Waals surface area contributed by atoms with E-state index < -0.39 is 0 Å². The van der Waals surface area contributed by atoms with Gasteiger partial charge in [-0.25, -0.2) is 0 Å². The van der Waals surface area contributed by atoms with Gasteiger partial charge >= 0.3 is 33.9 Å². The van der Waals surface area contributed by atoms with Crippen molar-refractivity contribution in [1.29, 1.82) is 0 Å². The minimum Gasteiger partial charge on any atom is -0.0622 e. The monoisotopic (exact) mass is 254 g/mol. The van der Waals surface area contributed by atoms with Crippen molar-refractivity contribution in [2.75, 3.05) is 0 Å².